The summed E-state index contributed by atoms with van der Waals surface area (Å²) in [6.45, 7) is 0.518. The summed E-state index contributed by atoms with van der Waals surface area (Å²) < 4.78 is 1.62. The van der Waals surface area contributed by atoms with Crippen LogP contribution in [0.3, 0.4) is 0 Å². The first-order valence-corrected chi connectivity index (χ1v) is 5.92. The Morgan fingerprint density at radius 2 is 2.33 bits per heavy atom. The average molecular weight is 243 g/mol. The average Bonchev–Trinajstić information content (AvgIpc) is 3.07. The van der Waals surface area contributed by atoms with Crippen LogP contribution < -0.4 is 5.32 Å². The topological polar surface area (TPSA) is 72.7 Å². The molecule has 0 unspecified atom stereocenters. The molecule has 1 aliphatic carbocycles. The molecule has 0 saturated heterocycles. The SMILES string of the molecule is O=C(NC1CC1)c1cn(Cc2ccccn2)nn1. The van der Waals surface area contributed by atoms with E-state index in [-0.39, 0.29) is 5.91 Å². The Morgan fingerprint density at radius 1 is 1.44 bits per heavy atom. The highest BCUT2D eigenvalue weighted by Crippen LogP contribution is 2.18. The quantitative estimate of drug-likeness (QED) is 0.854. The number of carbonyl (C=O) groups is 1. The normalized spacial score (nSPS) is 14.4. The van der Waals surface area contributed by atoms with Crippen molar-refractivity contribution >= 4 is 5.91 Å². The first-order chi connectivity index (χ1) is 8.81. The first kappa shape index (κ1) is 10.9. The molecule has 1 aliphatic rings. The van der Waals surface area contributed by atoms with E-state index >= 15 is 0 Å². The van der Waals surface area contributed by atoms with Gasteiger partial charge in [0.05, 0.1) is 18.4 Å². The molecule has 1 fully saturated rings. The Bertz CT molecular complexity index is 547. The standard InChI is InChI=1S/C12H13N5O/c18-12(14-9-4-5-9)11-8-17(16-15-11)7-10-3-1-2-6-13-10/h1-3,6,8-9H,4-5,7H2,(H,14,18). The van der Waals surface area contributed by atoms with Crippen LogP contribution in [0.2, 0.25) is 0 Å². The van der Waals surface area contributed by atoms with Crippen LogP contribution in [0.25, 0.3) is 0 Å². The number of hydrogen-bond donors (Lipinski definition) is 1. The molecule has 6 nitrogen and oxygen atoms in total. The lowest BCUT2D eigenvalue weighted by molar-refractivity contribution is 0.0946. The zero-order valence-electron chi connectivity index (χ0n) is 9.78. The molecule has 18 heavy (non-hydrogen) atoms. The Labute approximate surface area is 104 Å². The fourth-order valence-corrected chi connectivity index (χ4v) is 1.62. The summed E-state index contributed by atoms with van der Waals surface area (Å²) in [7, 11) is 0. The van der Waals surface area contributed by atoms with Gasteiger partial charge in [0, 0.05) is 12.2 Å². The van der Waals surface area contributed by atoms with Gasteiger partial charge >= 0.3 is 0 Å². The third-order valence-corrected chi connectivity index (χ3v) is 2.73. The highest BCUT2D eigenvalue weighted by molar-refractivity contribution is 5.92. The third kappa shape index (κ3) is 2.53. The summed E-state index contributed by atoms with van der Waals surface area (Å²) in [5, 5.41) is 10.7. The largest absolute Gasteiger partial charge is 0.348 e. The van der Waals surface area contributed by atoms with E-state index in [4.69, 9.17) is 0 Å². The van der Waals surface area contributed by atoms with Crippen molar-refractivity contribution in [3.8, 4) is 0 Å². The van der Waals surface area contributed by atoms with Crippen molar-refractivity contribution in [3.05, 3.63) is 42.0 Å². The van der Waals surface area contributed by atoms with Gasteiger partial charge in [0.1, 0.15) is 0 Å². The Balaban J connectivity index is 1.67. The molecule has 0 bridgehead atoms. The minimum atomic E-state index is -0.148. The highest BCUT2D eigenvalue weighted by atomic mass is 16.2. The molecular formula is C12H13N5O. The van der Waals surface area contributed by atoms with Gasteiger partial charge in [-0.2, -0.15) is 0 Å². The van der Waals surface area contributed by atoms with Crippen molar-refractivity contribution in [2.75, 3.05) is 0 Å². The Hall–Kier alpha value is -2.24. The first-order valence-electron chi connectivity index (χ1n) is 5.92. The zero-order chi connectivity index (χ0) is 12.4. The van der Waals surface area contributed by atoms with Gasteiger partial charge in [-0.05, 0) is 25.0 Å². The monoisotopic (exact) mass is 243 g/mol. The molecule has 2 aromatic rings. The molecule has 0 aliphatic heterocycles. The van der Waals surface area contributed by atoms with Gasteiger partial charge in [0.2, 0.25) is 0 Å². The molecule has 2 heterocycles. The summed E-state index contributed by atoms with van der Waals surface area (Å²) in [4.78, 5) is 15.9. The van der Waals surface area contributed by atoms with Crippen LogP contribution in [0.5, 0.6) is 0 Å². The molecule has 2 aromatic heterocycles. The molecule has 1 N–H and O–H groups in total. The van der Waals surface area contributed by atoms with Crippen molar-refractivity contribution in [1.29, 1.82) is 0 Å². The second kappa shape index (κ2) is 4.56. The maximum Gasteiger partial charge on any atom is 0.273 e. The van der Waals surface area contributed by atoms with Crippen molar-refractivity contribution < 1.29 is 4.79 Å². The Kier molecular flexibility index (Phi) is 2.76. The lowest BCUT2D eigenvalue weighted by Crippen LogP contribution is -2.25. The molecule has 6 heteroatoms. The second-order valence-electron chi connectivity index (χ2n) is 4.37. The molecule has 0 spiro atoms. The number of carbonyl (C=O) groups excluding carboxylic acids is 1. The van der Waals surface area contributed by atoms with E-state index < -0.39 is 0 Å². The smallest absolute Gasteiger partial charge is 0.273 e. The van der Waals surface area contributed by atoms with Crippen LogP contribution in [0, 0.1) is 0 Å². The molecular weight excluding hydrogens is 230 g/mol. The van der Waals surface area contributed by atoms with Crippen molar-refractivity contribution in [2.24, 2.45) is 0 Å². The van der Waals surface area contributed by atoms with E-state index in [1.807, 2.05) is 18.2 Å². The van der Waals surface area contributed by atoms with Gasteiger partial charge in [-0.1, -0.05) is 11.3 Å². The number of nitrogens with one attached hydrogen (secondary N) is 1. The van der Waals surface area contributed by atoms with Crippen molar-refractivity contribution in [1.82, 2.24) is 25.3 Å². The maximum atomic E-state index is 11.7. The molecule has 3 rings (SSSR count). The van der Waals surface area contributed by atoms with E-state index in [9.17, 15) is 4.79 Å². The van der Waals surface area contributed by atoms with Gasteiger partial charge in [-0.25, -0.2) is 4.68 Å². The summed E-state index contributed by atoms with van der Waals surface area (Å²) in [5.74, 6) is -0.148. The lowest BCUT2D eigenvalue weighted by atomic mass is 10.3. The van der Waals surface area contributed by atoms with Crippen LogP contribution in [-0.2, 0) is 6.54 Å². The van der Waals surface area contributed by atoms with E-state index in [1.54, 1.807) is 17.1 Å². The predicted molar refractivity (Wildman–Crippen MR) is 63.8 cm³/mol. The van der Waals surface area contributed by atoms with E-state index in [0.717, 1.165) is 18.5 Å². The number of aromatic nitrogens is 4. The number of amides is 1. The number of hydrogen-bond acceptors (Lipinski definition) is 4. The number of nitrogens with zero attached hydrogens (tertiary/aromatic N) is 4. The van der Waals surface area contributed by atoms with Gasteiger partial charge < -0.3 is 5.32 Å². The molecule has 1 saturated carbocycles. The molecule has 0 aromatic carbocycles. The molecule has 0 atom stereocenters. The highest BCUT2D eigenvalue weighted by Gasteiger charge is 2.24. The Morgan fingerprint density at radius 3 is 3.06 bits per heavy atom. The summed E-state index contributed by atoms with van der Waals surface area (Å²) >= 11 is 0. The van der Waals surface area contributed by atoms with Crippen LogP contribution in [0.15, 0.2) is 30.6 Å². The molecule has 92 valence electrons. The predicted octanol–water partition coefficient (Wildman–Crippen LogP) is 0.614. The van der Waals surface area contributed by atoms with Crippen LogP contribution in [0.1, 0.15) is 29.0 Å². The van der Waals surface area contributed by atoms with Gasteiger partial charge in [-0.3, -0.25) is 9.78 Å². The number of rotatable bonds is 4. The minimum Gasteiger partial charge on any atom is -0.348 e. The van der Waals surface area contributed by atoms with Crippen molar-refractivity contribution in [3.63, 3.8) is 0 Å². The maximum absolute atomic E-state index is 11.7. The minimum absolute atomic E-state index is 0.148. The number of pyridine rings is 1. The van der Waals surface area contributed by atoms with Crippen molar-refractivity contribution in [2.45, 2.75) is 25.4 Å². The second-order valence-corrected chi connectivity index (χ2v) is 4.37. The fraction of sp³-hybridized carbons (Fsp3) is 0.333. The van der Waals surface area contributed by atoms with E-state index in [0.29, 0.717) is 18.3 Å². The van der Waals surface area contributed by atoms with E-state index in [1.165, 1.54) is 0 Å². The molecule has 0 radical (unpaired) electrons. The fourth-order valence-electron chi connectivity index (χ4n) is 1.62. The van der Waals surface area contributed by atoms with Gasteiger partial charge in [0.15, 0.2) is 5.69 Å². The van der Waals surface area contributed by atoms with Gasteiger partial charge in [-0.15, -0.1) is 5.10 Å². The summed E-state index contributed by atoms with van der Waals surface area (Å²) in [6, 6.07) is 6.02. The summed E-state index contributed by atoms with van der Waals surface area (Å²) in [5.41, 5.74) is 1.24. The molecule has 1 amide bonds. The van der Waals surface area contributed by atoms with Crippen LogP contribution in [0.4, 0.5) is 0 Å². The van der Waals surface area contributed by atoms with Crippen LogP contribution >= 0.6 is 0 Å². The van der Waals surface area contributed by atoms with E-state index in [2.05, 4.69) is 20.6 Å². The third-order valence-electron chi connectivity index (χ3n) is 2.73. The van der Waals surface area contributed by atoms with Gasteiger partial charge in [0.25, 0.3) is 5.91 Å². The van der Waals surface area contributed by atoms with Crippen LogP contribution in [-0.4, -0.2) is 31.9 Å². The summed E-state index contributed by atoms with van der Waals surface area (Å²) in [6.07, 6.45) is 5.50. The zero-order valence-corrected chi connectivity index (χ0v) is 9.78. The lowest BCUT2D eigenvalue weighted by Gasteiger charge is -1.99.